The fraction of sp³-hybridized carbons (Fsp3) is 0.364. The van der Waals surface area contributed by atoms with E-state index < -0.39 is 0 Å². The van der Waals surface area contributed by atoms with Gasteiger partial charge >= 0.3 is 5.97 Å². The lowest BCUT2D eigenvalue weighted by molar-refractivity contribution is -0.146. The third kappa shape index (κ3) is 5.33. The first kappa shape index (κ1) is 19.0. The Kier molecular flexibility index (Phi) is 6.47. The highest BCUT2D eigenvalue weighted by molar-refractivity contribution is 5.94. The van der Waals surface area contributed by atoms with Crippen LogP contribution >= 0.6 is 0 Å². The van der Waals surface area contributed by atoms with Crippen molar-refractivity contribution in [2.45, 2.75) is 38.3 Å². The maximum absolute atomic E-state index is 12.4. The average Bonchev–Trinajstić information content (AvgIpc) is 2.73. The van der Waals surface area contributed by atoms with Crippen molar-refractivity contribution >= 4 is 11.9 Å². The highest BCUT2D eigenvalue weighted by Crippen LogP contribution is 2.25. The summed E-state index contributed by atoms with van der Waals surface area (Å²) in [6.07, 6.45) is 3.10. The van der Waals surface area contributed by atoms with Gasteiger partial charge in [0.1, 0.15) is 12.4 Å². The number of ether oxygens (including phenoxy) is 2. The lowest BCUT2D eigenvalue weighted by Crippen LogP contribution is -2.38. The molecule has 1 aliphatic carbocycles. The molecule has 142 valence electrons. The van der Waals surface area contributed by atoms with E-state index in [4.69, 9.17) is 9.47 Å². The summed E-state index contributed by atoms with van der Waals surface area (Å²) < 4.78 is 10.5. The summed E-state index contributed by atoms with van der Waals surface area (Å²) in [7, 11) is 1.42. The monoisotopic (exact) mass is 367 g/mol. The van der Waals surface area contributed by atoms with Crippen LogP contribution in [0.2, 0.25) is 0 Å². The van der Waals surface area contributed by atoms with E-state index in [0.29, 0.717) is 12.2 Å². The van der Waals surface area contributed by atoms with Crippen LogP contribution in [0.3, 0.4) is 0 Å². The van der Waals surface area contributed by atoms with Gasteiger partial charge in [-0.1, -0.05) is 30.3 Å². The van der Waals surface area contributed by atoms with E-state index in [0.717, 1.165) is 37.0 Å². The van der Waals surface area contributed by atoms with E-state index in [1.165, 1.54) is 7.11 Å². The van der Waals surface area contributed by atoms with Gasteiger partial charge in [-0.05, 0) is 55.5 Å². The molecule has 3 rings (SSSR count). The molecule has 0 radical (unpaired) electrons. The van der Waals surface area contributed by atoms with Crippen LogP contribution in [0.1, 0.15) is 41.6 Å². The number of esters is 1. The molecule has 1 aliphatic rings. The smallest absolute Gasteiger partial charge is 0.308 e. The van der Waals surface area contributed by atoms with Gasteiger partial charge < -0.3 is 14.8 Å². The van der Waals surface area contributed by atoms with Gasteiger partial charge in [-0.2, -0.15) is 0 Å². The molecule has 5 heteroatoms. The number of hydrogen-bond acceptors (Lipinski definition) is 4. The lowest BCUT2D eigenvalue weighted by atomic mass is 9.86. The normalized spacial score (nSPS) is 19.1. The molecule has 0 bridgehead atoms. The zero-order valence-electron chi connectivity index (χ0n) is 15.5. The van der Waals surface area contributed by atoms with Crippen LogP contribution in [0.4, 0.5) is 0 Å². The molecule has 0 unspecified atom stereocenters. The van der Waals surface area contributed by atoms with E-state index >= 15 is 0 Å². The fourth-order valence-electron chi connectivity index (χ4n) is 3.35. The van der Waals surface area contributed by atoms with Gasteiger partial charge in [0, 0.05) is 11.6 Å². The Morgan fingerprint density at radius 1 is 0.963 bits per heavy atom. The molecule has 1 saturated carbocycles. The third-order valence-electron chi connectivity index (χ3n) is 4.96. The second kappa shape index (κ2) is 9.21. The second-order valence-corrected chi connectivity index (χ2v) is 6.84. The third-order valence-corrected chi connectivity index (χ3v) is 4.96. The highest BCUT2D eigenvalue weighted by Gasteiger charge is 2.27. The molecule has 1 fully saturated rings. The predicted octanol–water partition coefficient (Wildman–Crippen LogP) is 3.73. The second-order valence-electron chi connectivity index (χ2n) is 6.84. The van der Waals surface area contributed by atoms with Crippen molar-refractivity contribution in [3.05, 3.63) is 65.7 Å². The molecule has 0 heterocycles. The minimum Gasteiger partial charge on any atom is -0.489 e. The highest BCUT2D eigenvalue weighted by atomic mass is 16.5. The summed E-state index contributed by atoms with van der Waals surface area (Å²) in [6.45, 7) is 0.496. The summed E-state index contributed by atoms with van der Waals surface area (Å²) >= 11 is 0. The Bertz CT molecular complexity index is 750. The molecule has 0 aromatic heterocycles. The molecule has 2 aromatic carbocycles. The largest absolute Gasteiger partial charge is 0.489 e. The van der Waals surface area contributed by atoms with Crippen LogP contribution in [0, 0.1) is 5.92 Å². The summed E-state index contributed by atoms with van der Waals surface area (Å²) in [6, 6.07) is 17.2. The molecule has 2 aromatic rings. The van der Waals surface area contributed by atoms with E-state index in [1.54, 1.807) is 12.1 Å². The van der Waals surface area contributed by atoms with Gasteiger partial charge in [-0.25, -0.2) is 0 Å². The van der Waals surface area contributed by atoms with Crippen LogP contribution in [0.25, 0.3) is 0 Å². The van der Waals surface area contributed by atoms with Crippen LogP contribution in [-0.4, -0.2) is 25.0 Å². The Morgan fingerprint density at radius 3 is 2.26 bits per heavy atom. The van der Waals surface area contributed by atoms with E-state index in [-0.39, 0.29) is 23.8 Å². The maximum atomic E-state index is 12.4. The number of nitrogens with one attached hydrogen (secondary N) is 1. The zero-order chi connectivity index (χ0) is 19.1. The van der Waals surface area contributed by atoms with Gasteiger partial charge in [-0.3, -0.25) is 9.59 Å². The summed E-state index contributed by atoms with van der Waals surface area (Å²) in [5.74, 6) is 0.454. The van der Waals surface area contributed by atoms with Gasteiger partial charge in [0.2, 0.25) is 0 Å². The molecule has 0 spiro atoms. The minimum atomic E-state index is -0.147. The van der Waals surface area contributed by atoms with Crippen LogP contribution in [-0.2, 0) is 16.1 Å². The van der Waals surface area contributed by atoms with E-state index in [2.05, 4.69) is 5.32 Å². The number of hydrogen-bond donors (Lipinski definition) is 1. The quantitative estimate of drug-likeness (QED) is 0.790. The Balaban J connectivity index is 1.47. The van der Waals surface area contributed by atoms with Gasteiger partial charge in [0.25, 0.3) is 5.91 Å². The standard InChI is InChI=1S/C22H25NO4/c1-26-22(25)18-7-11-19(12-8-18)23-21(24)17-9-13-20(14-10-17)27-15-16-5-3-2-4-6-16/h2-6,9-10,13-14,18-19H,7-8,11-12,15H2,1H3,(H,23,24). The van der Waals surface area contributed by atoms with Crippen LogP contribution in [0.15, 0.2) is 54.6 Å². The van der Waals surface area contributed by atoms with E-state index in [1.807, 2.05) is 42.5 Å². The number of rotatable bonds is 6. The first-order valence-electron chi connectivity index (χ1n) is 9.31. The van der Waals surface area contributed by atoms with Crippen molar-refractivity contribution < 1.29 is 19.1 Å². The van der Waals surface area contributed by atoms with Crippen molar-refractivity contribution in [3.8, 4) is 5.75 Å². The van der Waals surface area contributed by atoms with Gasteiger partial charge in [0.05, 0.1) is 13.0 Å². The molecule has 1 amide bonds. The zero-order valence-corrected chi connectivity index (χ0v) is 15.5. The Labute approximate surface area is 159 Å². The molecule has 0 aliphatic heterocycles. The van der Waals surface area contributed by atoms with Crippen molar-refractivity contribution in [2.75, 3.05) is 7.11 Å². The summed E-state index contributed by atoms with van der Waals surface area (Å²) in [4.78, 5) is 24.0. The molecule has 1 N–H and O–H groups in total. The molecule has 5 nitrogen and oxygen atoms in total. The molecular formula is C22H25NO4. The van der Waals surface area contributed by atoms with E-state index in [9.17, 15) is 9.59 Å². The van der Waals surface area contributed by atoms with Crippen molar-refractivity contribution in [3.63, 3.8) is 0 Å². The number of carbonyl (C=O) groups excluding carboxylic acids is 2. The predicted molar refractivity (Wildman–Crippen MR) is 102 cm³/mol. The number of methoxy groups -OCH3 is 1. The van der Waals surface area contributed by atoms with Gasteiger partial charge in [0.15, 0.2) is 0 Å². The molecule has 0 saturated heterocycles. The van der Waals surface area contributed by atoms with Crippen LogP contribution in [0.5, 0.6) is 5.75 Å². The fourth-order valence-corrected chi connectivity index (χ4v) is 3.35. The average molecular weight is 367 g/mol. The number of amides is 1. The lowest BCUT2D eigenvalue weighted by Gasteiger charge is -2.27. The SMILES string of the molecule is COC(=O)C1CCC(NC(=O)c2ccc(OCc3ccccc3)cc2)CC1. The van der Waals surface area contributed by atoms with Crippen molar-refractivity contribution in [1.29, 1.82) is 0 Å². The molecule has 0 atom stereocenters. The first-order valence-corrected chi connectivity index (χ1v) is 9.31. The minimum absolute atomic E-state index is 0.0378. The van der Waals surface area contributed by atoms with Crippen molar-refractivity contribution in [2.24, 2.45) is 5.92 Å². The first-order chi connectivity index (χ1) is 13.2. The maximum Gasteiger partial charge on any atom is 0.308 e. The molecule has 27 heavy (non-hydrogen) atoms. The molecular weight excluding hydrogens is 342 g/mol. The summed E-state index contributed by atoms with van der Waals surface area (Å²) in [5.41, 5.74) is 1.71. The Hall–Kier alpha value is -2.82. The number of carbonyl (C=O) groups is 2. The number of benzene rings is 2. The van der Waals surface area contributed by atoms with Crippen LogP contribution < -0.4 is 10.1 Å². The Morgan fingerprint density at radius 2 is 1.63 bits per heavy atom. The topological polar surface area (TPSA) is 64.6 Å². The van der Waals surface area contributed by atoms with Crippen molar-refractivity contribution in [1.82, 2.24) is 5.32 Å². The van der Waals surface area contributed by atoms with Gasteiger partial charge in [-0.15, -0.1) is 0 Å². The summed E-state index contributed by atoms with van der Waals surface area (Å²) in [5, 5.41) is 3.06.